The molecular formula is C12H12F3N. The van der Waals surface area contributed by atoms with Crippen molar-refractivity contribution in [2.45, 2.75) is 25.6 Å². The Bertz CT molecular complexity index is 470. The quantitative estimate of drug-likeness (QED) is 0.747. The van der Waals surface area contributed by atoms with Gasteiger partial charge in [0.05, 0.1) is 0 Å². The Labute approximate surface area is 91.5 Å². The zero-order valence-electron chi connectivity index (χ0n) is 8.67. The third-order valence-electron chi connectivity index (χ3n) is 2.54. The maximum absolute atomic E-state index is 12.0. The number of fused-ring (bicyclic) bond motifs is 1. The van der Waals surface area contributed by atoms with Gasteiger partial charge in [-0.05, 0) is 23.9 Å². The van der Waals surface area contributed by atoms with Crippen LogP contribution < -0.4 is 0 Å². The lowest BCUT2D eigenvalue weighted by atomic mass is 10.2. The summed E-state index contributed by atoms with van der Waals surface area (Å²) in [5.41, 5.74) is 0.990. The van der Waals surface area contributed by atoms with Crippen molar-refractivity contribution in [1.29, 1.82) is 0 Å². The van der Waals surface area contributed by atoms with Crippen LogP contribution in [0.2, 0.25) is 0 Å². The number of para-hydroxylation sites is 1. The molecule has 0 unspecified atom stereocenters. The minimum absolute atomic E-state index is 0.127. The first-order chi connectivity index (χ1) is 7.56. The van der Waals surface area contributed by atoms with Gasteiger partial charge in [-0.3, -0.25) is 0 Å². The number of rotatable bonds is 3. The Morgan fingerprint density at radius 3 is 2.56 bits per heavy atom. The predicted octanol–water partition coefficient (Wildman–Crippen LogP) is 3.98. The van der Waals surface area contributed by atoms with Crippen LogP contribution in [0, 0.1) is 0 Å². The maximum atomic E-state index is 12.0. The number of aryl methyl sites for hydroxylation is 1. The summed E-state index contributed by atoms with van der Waals surface area (Å²) in [6, 6.07) is 9.60. The molecule has 0 saturated carbocycles. The molecule has 0 atom stereocenters. The van der Waals surface area contributed by atoms with Gasteiger partial charge in [0.25, 0.3) is 0 Å². The summed E-state index contributed by atoms with van der Waals surface area (Å²) in [6.07, 6.45) is -2.81. The summed E-state index contributed by atoms with van der Waals surface area (Å²) in [5.74, 6) is 0. The molecule has 86 valence electrons. The first kappa shape index (κ1) is 11.0. The summed E-state index contributed by atoms with van der Waals surface area (Å²) in [4.78, 5) is 0. The monoisotopic (exact) mass is 227 g/mol. The zero-order valence-corrected chi connectivity index (χ0v) is 8.67. The van der Waals surface area contributed by atoms with Gasteiger partial charge < -0.3 is 4.57 Å². The summed E-state index contributed by atoms with van der Waals surface area (Å²) in [6.45, 7) is 0.410. The SMILES string of the molecule is FC(F)(F)CCCn1ccc2ccccc21. The van der Waals surface area contributed by atoms with Crippen LogP contribution in [-0.2, 0) is 6.54 Å². The van der Waals surface area contributed by atoms with E-state index in [1.165, 1.54) is 0 Å². The highest BCUT2D eigenvalue weighted by molar-refractivity contribution is 5.79. The average Bonchev–Trinajstić information content (AvgIpc) is 2.60. The lowest BCUT2D eigenvalue weighted by Gasteiger charge is -2.07. The summed E-state index contributed by atoms with van der Waals surface area (Å²) < 4.78 is 37.8. The highest BCUT2D eigenvalue weighted by Crippen LogP contribution is 2.22. The summed E-state index contributed by atoms with van der Waals surface area (Å²) in [5, 5.41) is 1.06. The molecule has 0 aliphatic heterocycles. The largest absolute Gasteiger partial charge is 0.389 e. The topological polar surface area (TPSA) is 4.93 Å². The Kier molecular flexibility index (Phi) is 2.90. The molecule has 0 bridgehead atoms. The maximum Gasteiger partial charge on any atom is 0.389 e. The molecule has 0 amide bonds. The number of benzene rings is 1. The van der Waals surface area contributed by atoms with Crippen molar-refractivity contribution >= 4 is 10.9 Å². The molecule has 0 saturated heterocycles. The van der Waals surface area contributed by atoms with Gasteiger partial charge in [0.2, 0.25) is 0 Å². The third-order valence-corrected chi connectivity index (χ3v) is 2.54. The fourth-order valence-corrected chi connectivity index (χ4v) is 1.79. The molecule has 4 heteroatoms. The molecule has 1 aromatic carbocycles. The van der Waals surface area contributed by atoms with E-state index in [1.807, 2.05) is 41.1 Å². The molecule has 16 heavy (non-hydrogen) atoms. The second kappa shape index (κ2) is 4.20. The van der Waals surface area contributed by atoms with Crippen LogP contribution in [0.25, 0.3) is 10.9 Å². The minimum Gasteiger partial charge on any atom is -0.347 e. The normalized spacial score (nSPS) is 12.2. The molecule has 0 aliphatic carbocycles. The van der Waals surface area contributed by atoms with Crippen LogP contribution in [0.5, 0.6) is 0 Å². The zero-order chi connectivity index (χ0) is 11.6. The first-order valence-corrected chi connectivity index (χ1v) is 5.17. The van der Waals surface area contributed by atoms with Crippen LogP contribution in [0.3, 0.4) is 0 Å². The molecule has 1 heterocycles. The lowest BCUT2D eigenvalue weighted by molar-refractivity contribution is -0.135. The second-order valence-corrected chi connectivity index (χ2v) is 3.79. The number of nitrogens with zero attached hydrogens (tertiary/aromatic N) is 1. The molecule has 0 fully saturated rings. The van der Waals surface area contributed by atoms with Gasteiger partial charge in [0.15, 0.2) is 0 Å². The summed E-state index contributed by atoms with van der Waals surface area (Å²) in [7, 11) is 0. The lowest BCUT2D eigenvalue weighted by Crippen LogP contribution is -2.08. The van der Waals surface area contributed by atoms with Gasteiger partial charge in [-0.1, -0.05) is 18.2 Å². The Hall–Kier alpha value is -1.45. The smallest absolute Gasteiger partial charge is 0.347 e. The van der Waals surface area contributed by atoms with Gasteiger partial charge in [0.1, 0.15) is 0 Å². The number of alkyl halides is 3. The highest BCUT2D eigenvalue weighted by Gasteiger charge is 2.25. The number of aromatic nitrogens is 1. The van der Waals surface area contributed by atoms with Crippen molar-refractivity contribution in [2.24, 2.45) is 0 Å². The van der Waals surface area contributed by atoms with Crippen LogP contribution >= 0.6 is 0 Å². The van der Waals surface area contributed by atoms with Crippen molar-refractivity contribution in [3.05, 3.63) is 36.5 Å². The van der Waals surface area contributed by atoms with Crippen molar-refractivity contribution in [3.8, 4) is 0 Å². The second-order valence-electron chi connectivity index (χ2n) is 3.79. The van der Waals surface area contributed by atoms with E-state index in [1.54, 1.807) is 0 Å². The molecule has 1 nitrogen and oxygen atoms in total. The first-order valence-electron chi connectivity index (χ1n) is 5.17. The van der Waals surface area contributed by atoms with E-state index >= 15 is 0 Å². The predicted molar refractivity (Wildman–Crippen MR) is 57.2 cm³/mol. The van der Waals surface area contributed by atoms with E-state index in [2.05, 4.69) is 0 Å². The van der Waals surface area contributed by atoms with E-state index < -0.39 is 12.6 Å². The third kappa shape index (κ3) is 2.56. The number of hydrogen-bond acceptors (Lipinski definition) is 0. The Balaban J connectivity index is 2.05. The molecule has 0 spiro atoms. The van der Waals surface area contributed by atoms with Crippen LogP contribution in [0.1, 0.15) is 12.8 Å². The van der Waals surface area contributed by atoms with Gasteiger partial charge >= 0.3 is 6.18 Å². The van der Waals surface area contributed by atoms with Crippen molar-refractivity contribution in [2.75, 3.05) is 0 Å². The van der Waals surface area contributed by atoms with Gasteiger partial charge in [-0.15, -0.1) is 0 Å². The molecule has 2 rings (SSSR count). The van der Waals surface area contributed by atoms with Crippen LogP contribution in [0.4, 0.5) is 13.2 Å². The Morgan fingerprint density at radius 2 is 1.81 bits per heavy atom. The molecular weight excluding hydrogens is 215 g/mol. The standard InChI is InChI=1S/C12H12F3N/c13-12(14,15)7-3-8-16-9-6-10-4-1-2-5-11(10)16/h1-2,4-6,9H,3,7-8H2. The van der Waals surface area contributed by atoms with E-state index in [4.69, 9.17) is 0 Å². The minimum atomic E-state index is -4.05. The Morgan fingerprint density at radius 1 is 1.06 bits per heavy atom. The molecule has 0 radical (unpaired) electrons. The molecule has 2 aromatic rings. The molecule has 0 N–H and O–H groups in total. The number of hydrogen-bond donors (Lipinski definition) is 0. The van der Waals surface area contributed by atoms with E-state index in [-0.39, 0.29) is 6.42 Å². The van der Waals surface area contributed by atoms with E-state index in [0.717, 1.165) is 10.9 Å². The average molecular weight is 227 g/mol. The van der Waals surface area contributed by atoms with Crippen molar-refractivity contribution in [1.82, 2.24) is 4.57 Å². The summed E-state index contributed by atoms with van der Waals surface area (Å²) >= 11 is 0. The molecule has 1 aromatic heterocycles. The van der Waals surface area contributed by atoms with E-state index in [0.29, 0.717) is 6.54 Å². The van der Waals surface area contributed by atoms with Gasteiger partial charge in [-0.2, -0.15) is 13.2 Å². The van der Waals surface area contributed by atoms with Crippen molar-refractivity contribution < 1.29 is 13.2 Å². The van der Waals surface area contributed by atoms with Crippen molar-refractivity contribution in [3.63, 3.8) is 0 Å². The number of halogens is 3. The fourth-order valence-electron chi connectivity index (χ4n) is 1.79. The van der Waals surface area contributed by atoms with E-state index in [9.17, 15) is 13.2 Å². The highest BCUT2D eigenvalue weighted by atomic mass is 19.4. The van der Waals surface area contributed by atoms with Gasteiger partial charge in [0, 0.05) is 24.7 Å². The van der Waals surface area contributed by atoms with Crippen LogP contribution in [-0.4, -0.2) is 10.7 Å². The molecule has 0 aliphatic rings. The fraction of sp³-hybridized carbons (Fsp3) is 0.333. The van der Waals surface area contributed by atoms with Gasteiger partial charge in [-0.25, -0.2) is 0 Å². The van der Waals surface area contributed by atoms with Crippen LogP contribution in [0.15, 0.2) is 36.5 Å².